The number of hydrogen-bond donors (Lipinski definition) is 3. The monoisotopic (exact) mass is 386 g/mol. The number of rotatable bonds is 5. The van der Waals surface area contributed by atoms with Crippen LogP contribution in [-0.2, 0) is 4.79 Å². The summed E-state index contributed by atoms with van der Waals surface area (Å²) in [5.74, 6) is 0.888. The number of anilines is 1. The predicted molar refractivity (Wildman–Crippen MR) is 89.6 cm³/mol. The van der Waals surface area contributed by atoms with Gasteiger partial charge < -0.3 is 16.4 Å². The van der Waals surface area contributed by atoms with Crippen LogP contribution in [-0.4, -0.2) is 25.0 Å². The normalized spacial score (nSPS) is 15.6. The molecule has 0 atom stereocenters. The van der Waals surface area contributed by atoms with Gasteiger partial charge in [0, 0.05) is 15.8 Å². The van der Waals surface area contributed by atoms with Crippen molar-refractivity contribution < 1.29 is 4.79 Å². The minimum atomic E-state index is -0.167. The van der Waals surface area contributed by atoms with Crippen LogP contribution < -0.4 is 16.4 Å². The van der Waals surface area contributed by atoms with Gasteiger partial charge in [0.2, 0.25) is 5.91 Å². The maximum atomic E-state index is 11.7. The number of aliphatic imine (C=N–C) groups is 1. The number of guanidine groups is 1. The lowest BCUT2D eigenvalue weighted by atomic mass is 9.85. The van der Waals surface area contributed by atoms with Crippen molar-refractivity contribution in [2.45, 2.75) is 19.3 Å². The highest BCUT2D eigenvalue weighted by atomic mass is 127. The first-order valence-electron chi connectivity index (χ1n) is 6.72. The summed E-state index contributed by atoms with van der Waals surface area (Å²) in [4.78, 5) is 15.7. The van der Waals surface area contributed by atoms with Gasteiger partial charge in [-0.3, -0.25) is 4.79 Å². The summed E-state index contributed by atoms with van der Waals surface area (Å²) in [6, 6.07) is 7.60. The maximum absolute atomic E-state index is 11.7. The molecule has 1 amide bonds. The molecule has 0 radical (unpaired) electrons. The van der Waals surface area contributed by atoms with Crippen LogP contribution in [0.2, 0.25) is 0 Å². The third kappa shape index (κ3) is 4.99. The Kier molecular flexibility index (Phi) is 5.63. The van der Waals surface area contributed by atoms with E-state index in [-0.39, 0.29) is 12.5 Å². The molecule has 1 fully saturated rings. The van der Waals surface area contributed by atoms with E-state index in [1.165, 1.54) is 19.3 Å². The van der Waals surface area contributed by atoms with Gasteiger partial charge in [-0.2, -0.15) is 0 Å². The Morgan fingerprint density at radius 1 is 1.35 bits per heavy atom. The molecule has 1 saturated carbocycles. The molecule has 5 nitrogen and oxygen atoms in total. The number of nitrogens with one attached hydrogen (secondary N) is 2. The van der Waals surface area contributed by atoms with Crippen molar-refractivity contribution in [3.8, 4) is 0 Å². The fourth-order valence-corrected chi connectivity index (χ4v) is 2.25. The standard InChI is InChI=1S/C14H19IN4O/c15-11-4-6-12(7-5-11)19-13(20)9-18-14(16)17-8-10-2-1-3-10/h4-7,10H,1-3,8-9H2,(H,19,20)(H3,16,17,18). The van der Waals surface area contributed by atoms with Crippen LogP contribution >= 0.6 is 22.6 Å². The lowest BCUT2D eigenvalue weighted by Gasteiger charge is -2.25. The zero-order chi connectivity index (χ0) is 14.4. The SMILES string of the molecule is NC(=NCC(=O)Nc1ccc(I)cc1)NCC1CCC1. The number of amides is 1. The zero-order valence-electron chi connectivity index (χ0n) is 11.2. The molecule has 0 heterocycles. The lowest BCUT2D eigenvalue weighted by Crippen LogP contribution is -2.37. The van der Waals surface area contributed by atoms with Crippen LogP contribution in [0.1, 0.15) is 19.3 Å². The molecule has 108 valence electrons. The van der Waals surface area contributed by atoms with Crippen molar-refractivity contribution in [2.75, 3.05) is 18.4 Å². The number of nitrogens with two attached hydrogens (primary N) is 1. The molecular weight excluding hydrogens is 367 g/mol. The smallest absolute Gasteiger partial charge is 0.246 e. The van der Waals surface area contributed by atoms with Crippen molar-refractivity contribution in [3.63, 3.8) is 0 Å². The largest absolute Gasteiger partial charge is 0.370 e. The Balaban J connectivity index is 1.71. The highest BCUT2D eigenvalue weighted by molar-refractivity contribution is 14.1. The number of nitrogens with zero attached hydrogens (tertiary/aromatic N) is 1. The summed E-state index contributed by atoms with van der Waals surface area (Å²) in [7, 11) is 0. The minimum Gasteiger partial charge on any atom is -0.370 e. The molecule has 0 aliphatic heterocycles. The van der Waals surface area contributed by atoms with Gasteiger partial charge in [-0.1, -0.05) is 6.42 Å². The summed E-state index contributed by atoms with van der Waals surface area (Å²) in [6.07, 6.45) is 3.82. The van der Waals surface area contributed by atoms with E-state index in [9.17, 15) is 4.79 Å². The molecule has 0 unspecified atom stereocenters. The van der Waals surface area contributed by atoms with E-state index in [2.05, 4.69) is 38.2 Å². The quantitative estimate of drug-likeness (QED) is 0.411. The molecular formula is C14H19IN4O. The average molecular weight is 386 g/mol. The highest BCUT2D eigenvalue weighted by Crippen LogP contribution is 2.24. The Hall–Kier alpha value is -1.31. The second-order valence-electron chi connectivity index (χ2n) is 4.93. The molecule has 20 heavy (non-hydrogen) atoms. The molecule has 1 aliphatic rings. The first kappa shape index (κ1) is 15.1. The van der Waals surface area contributed by atoms with Crippen molar-refractivity contribution >= 4 is 40.1 Å². The fourth-order valence-electron chi connectivity index (χ4n) is 1.89. The van der Waals surface area contributed by atoms with Gasteiger partial charge in [-0.05, 0) is 65.6 Å². The van der Waals surface area contributed by atoms with Crippen molar-refractivity contribution in [1.29, 1.82) is 0 Å². The number of carbonyl (C=O) groups excluding carboxylic acids is 1. The predicted octanol–water partition coefficient (Wildman–Crippen LogP) is 1.93. The zero-order valence-corrected chi connectivity index (χ0v) is 13.4. The van der Waals surface area contributed by atoms with Crippen molar-refractivity contribution in [3.05, 3.63) is 27.8 Å². The van der Waals surface area contributed by atoms with Crippen molar-refractivity contribution in [2.24, 2.45) is 16.6 Å². The van der Waals surface area contributed by atoms with E-state index in [0.717, 1.165) is 15.8 Å². The summed E-state index contributed by atoms with van der Waals surface area (Å²) in [5.41, 5.74) is 6.49. The molecule has 1 aromatic carbocycles. The van der Waals surface area contributed by atoms with Gasteiger partial charge in [0.25, 0.3) is 0 Å². The second kappa shape index (κ2) is 7.47. The van der Waals surface area contributed by atoms with E-state index in [1.807, 2.05) is 24.3 Å². The Morgan fingerprint density at radius 2 is 2.05 bits per heavy atom. The molecule has 2 rings (SSSR count). The molecule has 1 aromatic rings. The lowest BCUT2D eigenvalue weighted by molar-refractivity contribution is -0.114. The first-order valence-corrected chi connectivity index (χ1v) is 7.80. The highest BCUT2D eigenvalue weighted by Gasteiger charge is 2.16. The van der Waals surface area contributed by atoms with Crippen LogP contribution in [0.25, 0.3) is 0 Å². The van der Waals surface area contributed by atoms with Gasteiger partial charge in [-0.15, -0.1) is 0 Å². The number of hydrogen-bond acceptors (Lipinski definition) is 2. The molecule has 1 aliphatic carbocycles. The van der Waals surface area contributed by atoms with E-state index < -0.39 is 0 Å². The number of carbonyl (C=O) groups is 1. The molecule has 0 bridgehead atoms. The van der Waals surface area contributed by atoms with Crippen LogP contribution in [0.5, 0.6) is 0 Å². The first-order chi connectivity index (χ1) is 9.63. The summed E-state index contributed by atoms with van der Waals surface area (Å²) in [6.45, 7) is 0.892. The van der Waals surface area contributed by atoms with Crippen LogP contribution in [0, 0.1) is 9.49 Å². The Labute approximate surface area is 132 Å². The number of benzene rings is 1. The second-order valence-corrected chi connectivity index (χ2v) is 6.18. The number of halogens is 1. The van der Waals surface area contributed by atoms with E-state index in [0.29, 0.717) is 11.9 Å². The topological polar surface area (TPSA) is 79.5 Å². The summed E-state index contributed by atoms with van der Waals surface area (Å²) in [5, 5.41) is 5.84. The molecule has 4 N–H and O–H groups in total. The third-order valence-electron chi connectivity index (χ3n) is 3.32. The van der Waals surface area contributed by atoms with Gasteiger partial charge in [0.05, 0.1) is 0 Å². The minimum absolute atomic E-state index is 0.0372. The van der Waals surface area contributed by atoms with E-state index in [4.69, 9.17) is 5.73 Å². The maximum Gasteiger partial charge on any atom is 0.246 e. The molecule has 0 spiro atoms. The van der Waals surface area contributed by atoms with Gasteiger partial charge >= 0.3 is 0 Å². The van der Waals surface area contributed by atoms with Crippen LogP contribution in [0.4, 0.5) is 5.69 Å². The summed E-state index contributed by atoms with van der Waals surface area (Å²) < 4.78 is 1.13. The van der Waals surface area contributed by atoms with Crippen molar-refractivity contribution in [1.82, 2.24) is 5.32 Å². The van der Waals surface area contributed by atoms with Crippen LogP contribution in [0.15, 0.2) is 29.3 Å². The van der Waals surface area contributed by atoms with E-state index in [1.54, 1.807) is 0 Å². The fraction of sp³-hybridized carbons (Fsp3) is 0.429. The van der Waals surface area contributed by atoms with Gasteiger partial charge in [0.15, 0.2) is 5.96 Å². The molecule has 0 saturated heterocycles. The average Bonchev–Trinajstić information content (AvgIpc) is 2.37. The Morgan fingerprint density at radius 3 is 2.65 bits per heavy atom. The Bertz CT molecular complexity index is 482. The van der Waals surface area contributed by atoms with Gasteiger partial charge in [-0.25, -0.2) is 4.99 Å². The van der Waals surface area contributed by atoms with E-state index >= 15 is 0 Å². The third-order valence-corrected chi connectivity index (χ3v) is 4.04. The summed E-state index contributed by atoms with van der Waals surface area (Å²) >= 11 is 2.22. The van der Waals surface area contributed by atoms with Gasteiger partial charge in [0.1, 0.15) is 6.54 Å². The van der Waals surface area contributed by atoms with Crippen LogP contribution in [0.3, 0.4) is 0 Å². The molecule has 0 aromatic heterocycles. The molecule has 6 heteroatoms.